The number of Topliss-reactive ketones (excluding diaryl/α,β-unsaturated/α-hetero) is 1. The van der Waals surface area contributed by atoms with E-state index in [9.17, 15) is 4.79 Å². The normalized spacial score (nSPS) is 43.1. The van der Waals surface area contributed by atoms with Crippen LogP contribution >= 0.6 is 0 Å². The van der Waals surface area contributed by atoms with E-state index in [0.717, 1.165) is 58.2 Å². The Kier molecular flexibility index (Phi) is 6.83. The van der Waals surface area contributed by atoms with Gasteiger partial charge < -0.3 is 14.6 Å². The van der Waals surface area contributed by atoms with Gasteiger partial charge in [0.25, 0.3) is 0 Å². The van der Waals surface area contributed by atoms with Crippen molar-refractivity contribution in [3.8, 4) is 0 Å². The van der Waals surface area contributed by atoms with Gasteiger partial charge >= 0.3 is 0 Å². The SMILES string of the molecule is CC(C)(C)[Si](C)(C)OC[C@]12CCC(=NOC3CCNC3)C[C@@H]1CCC1C2CC[C@]2(C)C(=O)CCC12. The molecule has 7 atom stereocenters. The Bertz CT molecular complexity index is 845. The molecule has 1 aliphatic heterocycles. The predicted octanol–water partition coefficient (Wildman–Crippen LogP) is 6.33. The van der Waals surface area contributed by atoms with Crippen molar-refractivity contribution in [2.75, 3.05) is 19.7 Å². The van der Waals surface area contributed by atoms with Crippen LogP contribution < -0.4 is 5.32 Å². The minimum absolute atomic E-state index is 0.0556. The Labute approximate surface area is 214 Å². The fourth-order valence-electron chi connectivity index (χ4n) is 8.40. The van der Waals surface area contributed by atoms with Crippen LogP contribution in [-0.4, -0.2) is 45.6 Å². The van der Waals surface area contributed by atoms with Gasteiger partial charge in [-0.3, -0.25) is 4.79 Å². The molecule has 0 aromatic carbocycles. The van der Waals surface area contributed by atoms with E-state index >= 15 is 0 Å². The number of hydrogen-bond donors (Lipinski definition) is 1. The van der Waals surface area contributed by atoms with E-state index in [1.165, 1.54) is 31.4 Å². The Morgan fingerprint density at radius 2 is 1.86 bits per heavy atom. The molecule has 5 aliphatic rings. The van der Waals surface area contributed by atoms with E-state index in [1.54, 1.807) is 0 Å². The quantitative estimate of drug-likeness (QED) is 0.352. The molecule has 5 fully saturated rings. The zero-order valence-corrected chi connectivity index (χ0v) is 24.3. The summed E-state index contributed by atoms with van der Waals surface area (Å²) < 4.78 is 7.07. The van der Waals surface area contributed by atoms with Crippen molar-refractivity contribution in [3.63, 3.8) is 0 Å². The molecule has 0 radical (unpaired) electrons. The lowest BCUT2D eigenvalue weighted by Crippen LogP contribution is -2.58. The van der Waals surface area contributed by atoms with E-state index in [1.807, 2.05) is 0 Å². The van der Waals surface area contributed by atoms with Gasteiger partial charge in [-0.05, 0) is 105 Å². The highest BCUT2D eigenvalue weighted by molar-refractivity contribution is 6.74. The standard InChI is InChI=1S/C29H50N2O3Si/c1-27(2,3)35(5,6)33-19-29-15-11-21(31-34-22-13-16-30-18-22)17-20(29)7-8-23-24-9-10-26(32)28(24,4)14-12-25(23)29/h20,22-25,30H,7-19H2,1-6H3/t20-,22?,23?,24?,25?,28-,29+/m0/s1. The van der Waals surface area contributed by atoms with Crippen LogP contribution in [0.5, 0.6) is 0 Å². The molecule has 198 valence electrons. The fraction of sp³-hybridized carbons (Fsp3) is 0.931. The Hall–Kier alpha value is -0.723. The van der Waals surface area contributed by atoms with Gasteiger partial charge in [0, 0.05) is 31.4 Å². The van der Waals surface area contributed by atoms with Crippen molar-refractivity contribution in [1.82, 2.24) is 5.32 Å². The molecule has 5 rings (SSSR count). The summed E-state index contributed by atoms with van der Waals surface area (Å²) in [6, 6.07) is 0. The second kappa shape index (κ2) is 9.23. The molecule has 0 aromatic heterocycles. The number of rotatable bonds is 5. The summed E-state index contributed by atoms with van der Waals surface area (Å²) >= 11 is 0. The number of oxime groups is 1. The molecule has 4 unspecified atom stereocenters. The van der Waals surface area contributed by atoms with E-state index in [4.69, 9.17) is 14.4 Å². The smallest absolute Gasteiger partial charge is 0.192 e. The monoisotopic (exact) mass is 502 g/mol. The van der Waals surface area contributed by atoms with Crippen molar-refractivity contribution in [2.45, 2.75) is 116 Å². The first kappa shape index (κ1) is 25.9. The second-order valence-corrected chi connectivity index (χ2v) is 19.2. The average Bonchev–Trinajstić information content (AvgIpc) is 3.43. The summed E-state index contributed by atoms with van der Waals surface area (Å²) in [6.07, 6.45) is 11.4. The highest BCUT2D eigenvalue weighted by atomic mass is 28.4. The number of carbonyl (C=O) groups excluding carboxylic acids is 1. The van der Waals surface area contributed by atoms with Crippen molar-refractivity contribution >= 4 is 19.8 Å². The minimum atomic E-state index is -1.85. The second-order valence-electron chi connectivity index (χ2n) is 14.4. The zero-order valence-electron chi connectivity index (χ0n) is 23.3. The first-order valence-corrected chi connectivity index (χ1v) is 17.5. The third kappa shape index (κ3) is 4.48. The lowest BCUT2D eigenvalue weighted by molar-refractivity contribution is -0.142. The van der Waals surface area contributed by atoms with Crippen LogP contribution in [-0.2, 0) is 14.1 Å². The van der Waals surface area contributed by atoms with Crippen molar-refractivity contribution in [3.05, 3.63) is 0 Å². The summed E-state index contributed by atoms with van der Waals surface area (Å²) in [7, 11) is -1.85. The molecule has 5 nitrogen and oxygen atoms in total. The Balaban J connectivity index is 1.40. The third-order valence-electron chi connectivity index (χ3n) is 11.8. The van der Waals surface area contributed by atoms with Gasteiger partial charge in [0.2, 0.25) is 0 Å². The fourth-order valence-corrected chi connectivity index (χ4v) is 9.46. The lowest BCUT2D eigenvalue weighted by Gasteiger charge is -2.61. The van der Waals surface area contributed by atoms with Crippen LogP contribution in [0.3, 0.4) is 0 Å². The lowest BCUT2D eigenvalue weighted by atomic mass is 9.45. The number of nitrogens with one attached hydrogen (secondary N) is 1. The van der Waals surface area contributed by atoms with Crippen molar-refractivity contribution < 1.29 is 14.1 Å². The molecule has 0 amide bonds. The minimum Gasteiger partial charge on any atom is -0.416 e. The van der Waals surface area contributed by atoms with E-state index in [2.05, 4.69) is 46.1 Å². The molecule has 35 heavy (non-hydrogen) atoms. The molecule has 0 spiro atoms. The number of hydrogen-bond acceptors (Lipinski definition) is 5. The average molecular weight is 503 g/mol. The molecule has 4 aliphatic carbocycles. The zero-order chi connectivity index (χ0) is 25.1. The molecule has 1 heterocycles. The Morgan fingerprint density at radius 1 is 1.06 bits per heavy atom. The summed E-state index contributed by atoms with van der Waals surface area (Å²) in [5, 5.41) is 8.32. The third-order valence-corrected chi connectivity index (χ3v) is 16.2. The molecule has 6 heteroatoms. The van der Waals surface area contributed by atoms with E-state index in [-0.39, 0.29) is 22.0 Å². The van der Waals surface area contributed by atoms with Crippen LogP contribution in [0.25, 0.3) is 0 Å². The number of nitrogens with zero attached hydrogens (tertiary/aromatic N) is 1. The van der Waals surface area contributed by atoms with E-state index in [0.29, 0.717) is 29.5 Å². The first-order valence-electron chi connectivity index (χ1n) is 14.6. The van der Waals surface area contributed by atoms with Crippen LogP contribution in [0.2, 0.25) is 18.1 Å². The van der Waals surface area contributed by atoms with Gasteiger partial charge in [0.05, 0.1) is 5.71 Å². The van der Waals surface area contributed by atoms with Gasteiger partial charge in [-0.25, -0.2) is 0 Å². The maximum Gasteiger partial charge on any atom is 0.192 e. The van der Waals surface area contributed by atoms with E-state index < -0.39 is 8.32 Å². The summed E-state index contributed by atoms with van der Waals surface area (Å²) in [5.74, 6) is 3.15. The van der Waals surface area contributed by atoms with Gasteiger partial charge in [-0.1, -0.05) is 32.9 Å². The largest absolute Gasteiger partial charge is 0.416 e. The van der Waals surface area contributed by atoms with Crippen LogP contribution in [0, 0.1) is 34.5 Å². The predicted molar refractivity (Wildman–Crippen MR) is 144 cm³/mol. The molecule has 0 bridgehead atoms. The maximum atomic E-state index is 12.9. The molecular formula is C29H50N2O3Si. The van der Waals surface area contributed by atoms with Gasteiger partial charge in [-0.15, -0.1) is 0 Å². The molecule has 1 N–H and O–H groups in total. The van der Waals surface area contributed by atoms with Crippen LogP contribution in [0.1, 0.15) is 91.9 Å². The molecule has 1 saturated heterocycles. The summed E-state index contributed by atoms with van der Waals surface area (Å²) in [4.78, 5) is 18.9. The van der Waals surface area contributed by atoms with Gasteiger partial charge in [0.15, 0.2) is 8.32 Å². The van der Waals surface area contributed by atoms with Gasteiger partial charge in [-0.2, -0.15) is 0 Å². The highest BCUT2D eigenvalue weighted by Crippen LogP contribution is 2.65. The topological polar surface area (TPSA) is 59.9 Å². The maximum absolute atomic E-state index is 12.9. The molecule has 0 aromatic rings. The van der Waals surface area contributed by atoms with Crippen molar-refractivity contribution in [2.24, 2.45) is 39.7 Å². The first-order chi connectivity index (χ1) is 16.5. The summed E-state index contributed by atoms with van der Waals surface area (Å²) in [6.45, 7) is 17.1. The number of fused-ring (bicyclic) bond motifs is 5. The number of carbonyl (C=O) groups is 1. The Morgan fingerprint density at radius 3 is 2.57 bits per heavy atom. The number of ketones is 1. The van der Waals surface area contributed by atoms with Crippen molar-refractivity contribution in [1.29, 1.82) is 0 Å². The van der Waals surface area contributed by atoms with Crippen LogP contribution in [0.4, 0.5) is 0 Å². The van der Waals surface area contributed by atoms with Gasteiger partial charge in [0.1, 0.15) is 11.9 Å². The molecule has 4 saturated carbocycles. The van der Waals surface area contributed by atoms with Crippen LogP contribution in [0.15, 0.2) is 5.16 Å². The molecular weight excluding hydrogens is 452 g/mol. The summed E-state index contributed by atoms with van der Waals surface area (Å²) in [5.41, 5.74) is 1.46. The highest BCUT2D eigenvalue weighted by Gasteiger charge is 2.62.